The predicted octanol–water partition coefficient (Wildman–Crippen LogP) is 3.33. The largest absolute Gasteiger partial charge is 0.302 e. The third-order valence-electron chi connectivity index (χ3n) is 3.12. The molecule has 0 aliphatic carbocycles. The molecule has 0 saturated carbocycles. The Morgan fingerprint density at radius 2 is 1.58 bits per heavy atom. The molecule has 0 fully saturated rings. The Balaban J connectivity index is 2.31. The number of hydrogen-bond donors (Lipinski definition) is 0. The van der Waals surface area contributed by atoms with Gasteiger partial charge in [-0.15, -0.1) is 0 Å². The SMILES string of the molecule is Cc1nccn1-c1cccc(Cl)c1-n1ccnc1C. The van der Waals surface area contributed by atoms with Crippen LogP contribution in [0.2, 0.25) is 5.02 Å². The summed E-state index contributed by atoms with van der Waals surface area (Å²) >= 11 is 6.38. The highest BCUT2D eigenvalue weighted by atomic mass is 35.5. The quantitative estimate of drug-likeness (QED) is 0.717. The Morgan fingerprint density at radius 1 is 0.947 bits per heavy atom. The third-order valence-corrected chi connectivity index (χ3v) is 3.42. The van der Waals surface area contributed by atoms with E-state index < -0.39 is 0 Å². The van der Waals surface area contributed by atoms with Crippen LogP contribution >= 0.6 is 11.6 Å². The van der Waals surface area contributed by atoms with E-state index in [-0.39, 0.29) is 0 Å². The Labute approximate surface area is 116 Å². The lowest BCUT2D eigenvalue weighted by atomic mass is 10.2. The van der Waals surface area contributed by atoms with Crippen molar-refractivity contribution < 1.29 is 0 Å². The van der Waals surface area contributed by atoms with Gasteiger partial charge in [-0.3, -0.25) is 0 Å². The summed E-state index contributed by atoms with van der Waals surface area (Å²) in [5.74, 6) is 1.81. The molecule has 3 rings (SSSR count). The van der Waals surface area contributed by atoms with Crippen LogP contribution in [0.15, 0.2) is 43.0 Å². The molecule has 0 radical (unpaired) electrons. The molecule has 0 aliphatic heterocycles. The molecule has 1 aromatic carbocycles. The summed E-state index contributed by atoms with van der Waals surface area (Å²) in [7, 11) is 0. The number of imidazole rings is 2. The van der Waals surface area contributed by atoms with Gasteiger partial charge in [-0.1, -0.05) is 17.7 Å². The normalized spacial score (nSPS) is 10.9. The van der Waals surface area contributed by atoms with E-state index in [4.69, 9.17) is 11.6 Å². The number of hydrogen-bond acceptors (Lipinski definition) is 2. The maximum Gasteiger partial charge on any atom is 0.110 e. The third kappa shape index (κ3) is 1.94. The summed E-state index contributed by atoms with van der Waals surface area (Å²) in [5, 5.41) is 0.687. The van der Waals surface area contributed by atoms with Gasteiger partial charge in [0.15, 0.2) is 0 Å². The molecule has 96 valence electrons. The minimum absolute atomic E-state index is 0.687. The van der Waals surface area contributed by atoms with Crippen LogP contribution in [0.3, 0.4) is 0 Å². The Hall–Kier alpha value is -2.07. The van der Waals surface area contributed by atoms with Gasteiger partial charge in [-0.05, 0) is 26.0 Å². The topological polar surface area (TPSA) is 35.6 Å². The molecule has 2 heterocycles. The van der Waals surface area contributed by atoms with E-state index in [0.717, 1.165) is 23.0 Å². The molecular weight excluding hydrogens is 260 g/mol. The molecule has 3 aromatic rings. The zero-order valence-corrected chi connectivity index (χ0v) is 11.5. The number of rotatable bonds is 2. The number of nitrogens with zero attached hydrogens (tertiary/aromatic N) is 4. The second kappa shape index (κ2) is 4.55. The molecule has 0 saturated heterocycles. The van der Waals surface area contributed by atoms with Crippen molar-refractivity contribution in [2.45, 2.75) is 13.8 Å². The van der Waals surface area contributed by atoms with E-state index in [2.05, 4.69) is 9.97 Å². The molecule has 0 N–H and O–H groups in total. The summed E-state index contributed by atoms with van der Waals surface area (Å²) in [4.78, 5) is 8.52. The van der Waals surface area contributed by atoms with Crippen molar-refractivity contribution in [2.75, 3.05) is 0 Å². The van der Waals surface area contributed by atoms with Gasteiger partial charge in [0.2, 0.25) is 0 Å². The van der Waals surface area contributed by atoms with Crippen LogP contribution in [0.25, 0.3) is 11.4 Å². The summed E-state index contributed by atoms with van der Waals surface area (Å²) in [6, 6.07) is 5.84. The lowest BCUT2D eigenvalue weighted by Crippen LogP contribution is -2.05. The van der Waals surface area contributed by atoms with Gasteiger partial charge in [0.05, 0.1) is 16.4 Å². The minimum Gasteiger partial charge on any atom is -0.302 e. The fourth-order valence-electron chi connectivity index (χ4n) is 2.18. The fourth-order valence-corrected chi connectivity index (χ4v) is 2.44. The number of para-hydroxylation sites is 1. The van der Waals surface area contributed by atoms with Crippen molar-refractivity contribution in [3.05, 3.63) is 59.7 Å². The van der Waals surface area contributed by atoms with Crippen LogP contribution in [0, 0.1) is 13.8 Å². The molecule has 0 atom stereocenters. The summed E-state index contributed by atoms with van der Waals surface area (Å²) < 4.78 is 4.00. The predicted molar refractivity (Wildman–Crippen MR) is 75.2 cm³/mol. The van der Waals surface area contributed by atoms with Crippen molar-refractivity contribution in [2.24, 2.45) is 0 Å². The summed E-state index contributed by atoms with van der Waals surface area (Å²) in [6.45, 7) is 3.92. The fraction of sp³-hybridized carbons (Fsp3) is 0.143. The molecule has 0 spiro atoms. The smallest absolute Gasteiger partial charge is 0.110 e. The molecule has 2 aromatic heterocycles. The maximum atomic E-state index is 6.38. The van der Waals surface area contributed by atoms with Crippen molar-refractivity contribution in [1.29, 1.82) is 0 Å². The second-order valence-corrected chi connectivity index (χ2v) is 4.70. The molecule has 5 heteroatoms. The average molecular weight is 273 g/mol. The summed E-state index contributed by atoms with van der Waals surface area (Å²) in [6.07, 6.45) is 7.38. The number of aromatic nitrogens is 4. The molecule has 0 bridgehead atoms. The van der Waals surface area contributed by atoms with Crippen molar-refractivity contribution in [3.8, 4) is 11.4 Å². The zero-order valence-electron chi connectivity index (χ0n) is 10.7. The first kappa shape index (κ1) is 12.0. The van der Waals surface area contributed by atoms with Gasteiger partial charge < -0.3 is 9.13 Å². The molecule has 4 nitrogen and oxygen atoms in total. The standard InChI is InChI=1S/C14H13ClN4/c1-10-16-6-8-18(10)13-5-3-4-12(15)14(13)19-9-7-17-11(19)2/h3-9H,1-2H3. The van der Waals surface area contributed by atoms with Gasteiger partial charge >= 0.3 is 0 Å². The van der Waals surface area contributed by atoms with Gasteiger partial charge in [0, 0.05) is 24.8 Å². The zero-order chi connectivity index (χ0) is 13.4. The van der Waals surface area contributed by atoms with E-state index in [1.807, 2.05) is 53.6 Å². The van der Waals surface area contributed by atoms with E-state index in [0.29, 0.717) is 5.02 Å². The highest BCUT2D eigenvalue weighted by Crippen LogP contribution is 2.28. The van der Waals surface area contributed by atoms with Gasteiger partial charge in [-0.25, -0.2) is 9.97 Å². The molecular formula is C14H13ClN4. The van der Waals surface area contributed by atoms with Crippen LogP contribution in [0.5, 0.6) is 0 Å². The average Bonchev–Trinajstić information content (AvgIpc) is 2.98. The first-order valence-corrected chi connectivity index (χ1v) is 6.35. The number of aryl methyl sites for hydroxylation is 2. The Morgan fingerprint density at radius 3 is 2.16 bits per heavy atom. The Bertz CT molecular complexity index is 727. The number of benzene rings is 1. The molecule has 0 amide bonds. The maximum absolute atomic E-state index is 6.38. The van der Waals surface area contributed by atoms with Gasteiger partial charge in [0.25, 0.3) is 0 Å². The van der Waals surface area contributed by atoms with Gasteiger partial charge in [0.1, 0.15) is 11.6 Å². The van der Waals surface area contributed by atoms with Gasteiger partial charge in [-0.2, -0.15) is 0 Å². The van der Waals surface area contributed by atoms with Crippen molar-refractivity contribution in [3.63, 3.8) is 0 Å². The summed E-state index contributed by atoms with van der Waals surface area (Å²) in [5.41, 5.74) is 1.91. The molecule has 0 unspecified atom stereocenters. The van der Waals surface area contributed by atoms with Crippen LogP contribution in [0.1, 0.15) is 11.6 Å². The van der Waals surface area contributed by atoms with Crippen LogP contribution < -0.4 is 0 Å². The van der Waals surface area contributed by atoms with E-state index in [1.165, 1.54) is 0 Å². The van der Waals surface area contributed by atoms with Crippen LogP contribution in [0.4, 0.5) is 0 Å². The highest BCUT2D eigenvalue weighted by Gasteiger charge is 2.13. The minimum atomic E-state index is 0.687. The van der Waals surface area contributed by atoms with E-state index in [9.17, 15) is 0 Å². The Kier molecular flexibility index (Phi) is 2.87. The molecule has 0 aliphatic rings. The lowest BCUT2D eigenvalue weighted by molar-refractivity contribution is 0.918. The monoisotopic (exact) mass is 272 g/mol. The second-order valence-electron chi connectivity index (χ2n) is 4.30. The number of halogens is 1. The van der Waals surface area contributed by atoms with Crippen molar-refractivity contribution in [1.82, 2.24) is 19.1 Å². The van der Waals surface area contributed by atoms with Crippen LogP contribution in [-0.2, 0) is 0 Å². The van der Waals surface area contributed by atoms with E-state index >= 15 is 0 Å². The highest BCUT2D eigenvalue weighted by molar-refractivity contribution is 6.32. The van der Waals surface area contributed by atoms with Crippen LogP contribution in [-0.4, -0.2) is 19.1 Å². The van der Waals surface area contributed by atoms with E-state index in [1.54, 1.807) is 12.4 Å². The lowest BCUT2D eigenvalue weighted by Gasteiger charge is -2.15. The first-order chi connectivity index (χ1) is 9.18. The van der Waals surface area contributed by atoms with Crippen molar-refractivity contribution >= 4 is 11.6 Å². The first-order valence-electron chi connectivity index (χ1n) is 5.97. The molecule has 19 heavy (non-hydrogen) atoms.